The molecule has 1 aliphatic heterocycles. The maximum Gasteiger partial charge on any atom is 0.237 e. The first-order valence-electron chi connectivity index (χ1n) is 5.69. The predicted octanol–water partition coefficient (Wildman–Crippen LogP) is 0.466. The Morgan fingerprint density at radius 2 is 2.24 bits per heavy atom. The molecule has 1 amide bonds. The second-order valence-electron chi connectivity index (χ2n) is 4.15. The molecule has 1 aromatic rings. The van der Waals surface area contributed by atoms with Gasteiger partial charge in [-0.05, 0) is 18.9 Å². The molecule has 17 heavy (non-hydrogen) atoms. The van der Waals surface area contributed by atoms with Crippen LogP contribution >= 0.6 is 0 Å². The molecule has 0 radical (unpaired) electrons. The van der Waals surface area contributed by atoms with Crippen LogP contribution in [0.4, 0.5) is 0 Å². The van der Waals surface area contributed by atoms with E-state index < -0.39 is 0 Å². The van der Waals surface area contributed by atoms with Crippen LogP contribution in [0.5, 0.6) is 11.5 Å². The number of para-hydroxylation sites is 1. The van der Waals surface area contributed by atoms with Gasteiger partial charge in [-0.3, -0.25) is 4.79 Å². The van der Waals surface area contributed by atoms with Crippen molar-refractivity contribution in [2.24, 2.45) is 0 Å². The Kier molecular flexibility index (Phi) is 3.49. The molecule has 0 aliphatic carbocycles. The summed E-state index contributed by atoms with van der Waals surface area (Å²) < 4.78 is 0. The number of hydrogen-bond acceptors (Lipinski definition) is 4. The van der Waals surface area contributed by atoms with Crippen LogP contribution in [0.1, 0.15) is 18.4 Å². The summed E-state index contributed by atoms with van der Waals surface area (Å²) in [7, 11) is 0. The second-order valence-corrected chi connectivity index (χ2v) is 4.15. The highest BCUT2D eigenvalue weighted by molar-refractivity contribution is 5.82. The van der Waals surface area contributed by atoms with Crippen LogP contribution < -0.4 is 10.6 Å². The predicted molar refractivity (Wildman–Crippen MR) is 62.6 cm³/mol. The molecule has 1 heterocycles. The van der Waals surface area contributed by atoms with Crippen LogP contribution in [0.3, 0.4) is 0 Å². The zero-order valence-electron chi connectivity index (χ0n) is 9.44. The fourth-order valence-corrected chi connectivity index (χ4v) is 1.92. The summed E-state index contributed by atoms with van der Waals surface area (Å²) in [5, 5.41) is 24.8. The molecule has 1 aromatic carbocycles. The summed E-state index contributed by atoms with van der Waals surface area (Å²) in [5.74, 6) is -0.274. The van der Waals surface area contributed by atoms with E-state index in [1.165, 1.54) is 6.07 Å². The number of nitrogens with one attached hydrogen (secondary N) is 2. The number of carbonyl (C=O) groups is 1. The Morgan fingerprint density at radius 1 is 1.41 bits per heavy atom. The lowest BCUT2D eigenvalue weighted by Crippen LogP contribution is -2.47. The first kappa shape index (κ1) is 11.7. The molecule has 0 bridgehead atoms. The molecule has 2 rings (SSSR count). The minimum atomic E-state index is -0.217. The number of phenolic OH excluding ortho intramolecular Hbond substituents is 2. The van der Waals surface area contributed by atoms with Crippen molar-refractivity contribution in [2.75, 3.05) is 6.54 Å². The Labute approximate surface area is 99.5 Å². The zero-order valence-corrected chi connectivity index (χ0v) is 9.44. The van der Waals surface area contributed by atoms with Crippen molar-refractivity contribution in [1.82, 2.24) is 10.6 Å². The van der Waals surface area contributed by atoms with Crippen molar-refractivity contribution in [3.05, 3.63) is 23.8 Å². The SMILES string of the molecule is O=C1NCCCC1NCc1cccc(O)c1O. The molecule has 1 saturated heterocycles. The third-order valence-corrected chi connectivity index (χ3v) is 2.92. The number of carbonyl (C=O) groups excluding carboxylic acids is 1. The number of benzene rings is 1. The number of amides is 1. The molecular formula is C12H16N2O3. The van der Waals surface area contributed by atoms with Crippen LogP contribution in [-0.2, 0) is 11.3 Å². The van der Waals surface area contributed by atoms with Crippen molar-refractivity contribution in [3.63, 3.8) is 0 Å². The van der Waals surface area contributed by atoms with Crippen LogP contribution in [0.2, 0.25) is 0 Å². The third kappa shape index (κ3) is 2.68. The highest BCUT2D eigenvalue weighted by Gasteiger charge is 2.21. The standard InChI is InChI=1S/C12H16N2O3/c15-10-5-1-3-8(11(10)16)7-14-9-4-2-6-13-12(9)17/h1,3,5,9,14-16H,2,4,6-7H2,(H,13,17). The summed E-state index contributed by atoms with van der Waals surface area (Å²) in [4.78, 5) is 11.5. The normalized spacial score (nSPS) is 20.0. The molecule has 0 spiro atoms. The van der Waals surface area contributed by atoms with E-state index in [0.29, 0.717) is 12.1 Å². The topological polar surface area (TPSA) is 81.6 Å². The zero-order chi connectivity index (χ0) is 12.3. The largest absolute Gasteiger partial charge is 0.504 e. The van der Waals surface area contributed by atoms with Gasteiger partial charge in [0.1, 0.15) is 0 Å². The van der Waals surface area contributed by atoms with Gasteiger partial charge >= 0.3 is 0 Å². The molecule has 1 atom stereocenters. The van der Waals surface area contributed by atoms with Crippen molar-refractivity contribution in [3.8, 4) is 11.5 Å². The van der Waals surface area contributed by atoms with Crippen LogP contribution in [-0.4, -0.2) is 28.7 Å². The van der Waals surface area contributed by atoms with Gasteiger partial charge in [-0.25, -0.2) is 0 Å². The van der Waals surface area contributed by atoms with E-state index in [-0.39, 0.29) is 23.4 Å². The first-order chi connectivity index (χ1) is 8.18. The maximum atomic E-state index is 11.5. The number of hydrogen-bond donors (Lipinski definition) is 4. The number of piperidine rings is 1. The lowest BCUT2D eigenvalue weighted by atomic mass is 10.1. The molecule has 1 unspecified atom stereocenters. The number of rotatable bonds is 3. The fourth-order valence-electron chi connectivity index (χ4n) is 1.92. The quantitative estimate of drug-likeness (QED) is 0.575. The summed E-state index contributed by atoms with van der Waals surface area (Å²) in [6.45, 7) is 1.09. The molecule has 4 N–H and O–H groups in total. The summed E-state index contributed by atoms with van der Waals surface area (Å²) >= 11 is 0. The van der Waals surface area contributed by atoms with Crippen molar-refractivity contribution < 1.29 is 15.0 Å². The Morgan fingerprint density at radius 3 is 3.00 bits per heavy atom. The van der Waals surface area contributed by atoms with Gasteiger partial charge in [0.05, 0.1) is 6.04 Å². The molecular weight excluding hydrogens is 220 g/mol. The average molecular weight is 236 g/mol. The molecule has 0 saturated carbocycles. The Hall–Kier alpha value is -1.75. The van der Waals surface area contributed by atoms with E-state index in [1.54, 1.807) is 12.1 Å². The van der Waals surface area contributed by atoms with Gasteiger partial charge in [0, 0.05) is 18.7 Å². The van der Waals surface area contributed by atoms with E-state index >= 15 is 0 Å². The molecule has 1 aliphatic rings. The minimum Gasteiger partial charge on any atom is -0.504 e. The molecule has 5 heteroatoms. The van der Waals surface area contributed by atoms with E-state index in [4.69, 9.17) is 0 Å². The van der Waals surface area contributed by atoms with Gasteiger partial charge in [0.25, 0.3) is 0 Å². The summed E-state index contributed by atoms with van der Waals surface area (Å²) in [6, 6.07) is 4.58. The van der Waals surface area contributed by atoms with Crippen LogP contribution in [0.25, 0.3) is 0 Å². The van der Waals surface area contributed by atoms with Crippen molar-refractivity contribution in [2.45, 2.75) is 25.4 Å². The highest BCUT2D eigenvalue weighted by atomic mass is 16.3. The Balaban J connectivity index is 1.97. The highest BCUT2D eigenvalue weighted by Crippen LogP contribution is 2.28. The van der Waals surface area contributed by atoms with Crippen molar-refractivity contribution in [1.29, 1.82) is 0 Å². The van der Waals surface area contributed by atoms with Gasteiger partial charge in [0.2, 0.25) is 5.91 Å². The Bertz CT molecular complexity index is 420. The van der Waals surface area contributed by atoms with Crippen molar-refractivity contribution >= 4 is 5.91 Å². The minimum absolute atomic E-state index is 0.00380. The van der Waals surface area contributed by atoms with Gasteiger partial charge in [-0.15, -0.1) is 0 Å². The fraction of sp³-hybridized carbons (Fsp3) is 0.417. The third-order valence-electron chi connectivity index (χ3n) is 2.92. The molecule has 92 valence electrons. The lowest BCUT2D eigenvalue weighted by Gasteiger charge is -2.23. The second kappa shape index (κ2) is 5.05. The van der Waals surface area contributed by atoms with Gasteiger partial charge < -0.3 is 20.8 Å². The monoisotopic (exact) mass is 236 g/mol. The van der Waals surface area contributed by atoms with E-state index in [0.717, 1.165) is 19.4 Å². The molecule has 5 nitrogen and oxygen atoms in total. The van der Waals surface area contributed by atoms with Gasteiger partial charge in [-0.1, -0.05) is 12.1 Å². The first-order valence-corrected chi connectivity index (χ1v) is 5.69. The molecule has 0 aromatic heterocycles. The smallest absolute Gasteiger partial charge is 0.237 e. The average Bonchev–Trinajstić information content (AvgIpc) is 2.33. The molecule has 1 fully saturated rings. The number of aromatic hydroxyl groups is 2. The van der Waals surface area contributed by atoms with E-state index in [1.807, 2.05) is 0 Å². The van der Waals surface area contributed by atoms with E-state index in [2.05, 4.69) is 10.6 Å². The van der Waals surface area contributed by atoms with Crippen LogP contribution in [0, 0.1) is 0 Å². The summed E-state index contributed by atoms with van der Waals surface area (Å²) in [6.07, 6.45) is 1.75. The van der Waals surface area contributed by atoms with Gasteiger partial charge in [0.15, 0.2) is 11.5 Å². The van der Waals surface area contributed by atoms with Gasteiger partial charge in [-0.2, -0.15) is 0 Å². The lowest BCUT2D eigenvalue weighted by molar-refractivity contribution is -0.124. The summed E-state index contributed by atoms with van der Waals surface area (Å²) in [5.41, 5.74) is 0.586. The maximum absolute atomic E-state index is 11.5. The number of phenols is 2. The van der Waals surface area contributed by atoms with E-state index in [9.17, 15) is 15.0 Å². The van der Waals surface area contributed by atoms with Crippen LogP contribution in [0.15, 0.2) is 18.2 Å².